The minimum atomic E-state index is -5.06. The average molecular weight is 472 g/mol. The molecule has 3 aromatic carbocycles. The van der Waals surface area contributed by atoms with E-state index in [4.69, 9.17) is 13.9 Å². The van der Waals surface area contributed by atoms with Gasteiger partial charge in [0.25, 0.3) is 5.76 Å². The molecule has 4 aromatic rings. The van der Waals surface area contributed by atoms with Gasteiger partial charge in [-0.15, -0.1) is 0 Å². The van der Waals surface area contributed by atoms with Crippen LogP contribution in [0.1, 0.15) is 27.2 Å². The van der Waals surface area contributed by atoms with Crippen LogP contribution in [0.5, 0.6) is 17.2 Å². The van der Waals surface area contributed by atoms with Crippen molar-refractivity contribution in [3.8, 4) is 17.2 Å². The first-order valence-electron chi connectivity index (χ1n) is 9.94. The van der Waals surface area contributed by atoms with E-state index in [9.17, 15) is 27.2 Å². The van der Waals surface area contributed by atoms with Crippen LogP contribution in [0.15, 0.2) is 69.9 Å². The number of fused-ring (bicyclic) bond motifs is 1. The molecule has 0 amide bonds. The summed E-state index contributed by atoms with van der Waals surface area (Å²) < 4.78 is 70.6. The minimum absolute atomic E-state index is 0.0765. The van der Waals surface area contributed by atoms with Crippen molar-refractivity contribution in [3.05, 3.63) is 99.2 Å². The Morgan fingerprint density at radius 2 is 1.71 bits per heavy atom. The zero-order valence-corrected chi connectivity index (χ0v) is 17.8. The van der Waals surface area contributed by atoms with E-state index in [-0.39, 0.29) is 22.4 Å². The van der Waals surface area contributed by atoms with Crippen LogP contribution < -0.4 is 14.9 Å². The maximum atomic E-state index is 13.8. The number of hydrogen-bond acceptors (Lipinski definition) is 5. The molecule has 0 spiro atoms. The second-order valence-corrected chi connectivity index (χ2v) is 7.49. The molecule has 4 rings (SSSR count). The van der Waals surface area contributed by atoms with Gasteiger partial charge < -0.3 is 13.9 Å². The summed E-state index contributed by atoms with van der Waals surface area (Å²) in [5.74, 6) is -4.70. The minimum Gasteiger partial charge on any atom is -0.449 e. The van der Waals surface area contributed by atoms with E-state index in [2.05, 4.69) is 0 Å². The van der Waals surface area contributed by atoms with Crippen LogP contribution in [0.4, 0.5) is 17.6 Å². The van der Waals surface area contributed by atoms with Gasteiger partial charge in [0.15, 0.2) is 0 Å². The molecule has 5 nitrogen and oxygen atoms in total. The van der Waals surface area contributed by atoms with E-state index in [1.807, 2.05) is 0 Å². The summed E-state index contributed by atoms with van der Waals surface area (Å²) in [5, 5.41) is -0.223. The zero-order chi connectivity index (χ0) is 24.6. The molecular weight excluding hydrogens is 456 g/mol. The maximum Gasteiger partial charge on any atom is 0.453 e. The highest BCUT2D eigenvalue weighted by Crippen LogP contribution is 2.39. The van der Waals surface area contributed by atoms with Crippen molar-refractivity contribution in [3.63, 3.8) is 0 Å². The average Bonchev–Trinajstić information content (AvgIpc) is 2.77. The maximum absolute atomic E-state index is 13.8. The van der Waals surface area contributed by atoms with Crippen LogP contribution in [0, 0.1) is 19.7 Å². The van der Waals surface area contributed by atoms with E-state index in [1.165, 1.54) is 30.3 Å². The van der Waals surface area contributed by atoms with E-state index in [0.717, 1.165) is 23.8 Å². The topological polar surface area (TPSA) is 65.7 Å². The Morgan fingerprint density at radius 3 is 2.41 bits per heavy atom. The molecule has 0 bridgehead atoms. The summed E-state index contributed by atoms with van der Waals surface area (Å²) in [6.45, 7) is 3.35. The standard InChI is InChI=1S/C25H16F4O5/c1-13-7-8-14(2)19(11-13)33-22-21(30)17-10-9-15(12-20(17)34-23(22)25(27,28)29)32-24(31)16-5-3-4-6-18(16)26/h3-12H,1-2H3. The van der Waals surface area contributed by atoms with Crippen LogP contribution in [0.3, 0.4) is 0 Å². The number of esters is 1. The molecule has 1 aromatic heterocycles. The monoisotopic (exact) mass is 472 g/mol. The lowest BCUT2D eigenvalue weighted by atomic mass is 10.1. The Bertz CT molecular complexity index is 1470. The third-order valence-corrected chi connectivity index (χ3v) is 4.94. The molecule has 0 fully saturated rings. The highest BCUT2D eigenvalue weighted by Gasteiger charge is 2.40. The van der Waals surface area contributed by atoms with Crippen LogP contribution in [0.25, 0.3) is 11.0 Å². The first-order chi connectivity index (χ1) is 16.0. The molecule has 0 aliphatic heterocycles. The number of benzene rings is 3. The van der Waals surface area contributed by atoms with E-state index in [0.29, 0.717) is 5.56 Å². The lowest BCUT2D eigenvalue weighted by Gasteiger charge is -2.15. The second-order valence-electron chi connectivity index (χ2n) is 7.49. The van der Waals surface area contributed by atoms with Gasteiger partial charge in [-0.25, -0.2) is 9.18 Å². The smallest absolute Gasteiger partial charge is 0.449 e. The predicted octanol–water partition coefficient (Wildman–Crippen LogP) is 6.58. The Hall–Kier alpha value is -4.14. The first-order valence-corrected chi connectivity index (χ1v) is 9.94. The Kier molecular flexibility index (Phi) is 5.87. The number of alkyl halides is 3. The van der Waals surface area contributed by atoms with Gasteiger partial charge in [-0.3, -0.25) is 4.79 Å². The second kappa shape index (κ2) is 8.66. The van der Waals surface area contributed by atoms with Crippen molar-refractivity contribution in [2.24, 2.45) is 0 Å². The van der Waals surface area contributed by atoms with Crippen molar-refractivity contribution in [1.29, 1.82) is 0 Å². The SMILES string of the molecule is Cc1ccc(C)c(Oc2c(C(F)(F)F)oc3cc(OC(=O)c4ccccc4F)ccc3c2=O)c1. The largest absolute Gasteiger partial charge is 0.453 e. The molecule has 9 heteroatoms. The third kappa shape index (κ3) is 4.50. The fourth-order valence-electron chi connectivity index (χ4n) is 3.22. The molecule has 0 radical (unpaired) electrons. The van der Waals surface area contributed by atoms with Gasteiger partial charge in [-0.2, -0.15) is 13.2 Å². The summed E-state index contributed by atoms with van der Waals surface area (Å²) >= 11 is 0. The summed E-state index contributed by atoms with van der Waals surface area (Å²) in [6.07, 6.45) is -5.06. The third-order valence-electron chi connectivity index (χ3n) is 4.94. The number of hydrogen-bond donors (Lipinski definition) is 0. The Morgan fingerprint density at radius 1 is 0.971 bits per heavy atom. The summed E-state index contributed by atoms with van der Waals surface area (Å²) in [4.78, 5) is 25.2. The van der Waals surface area contributed by atoms with E-state index >= 15 is 0 Å². The highest BCUT2D eigenvalue weighted by molar-refractivity contribution is 5.92. The molecule has 34 heavy (non-hydrogen) atoms. The lowest BCUT2D eigenvalue weighted by Crippen LogP contribution is -2.16. The number of rotatable bonds is 4. The fourth-order valence-corrected chi connectivity index (χ4v) is 3.22. The van der Waals surface area contributed by atoms with E-state index in [1.54, 1.807) is 26.0 Å². The molecule has 0 saturated heterocycles. The molecule has 0 N–H and O–H groups in total. The van der Waals surface area contributed by atoms with Crippen LogP contribution in [0.2, 0.25) is 0 Å². The van der Waals surface area contributed by atoms with Gasteiger partial charge in [-0.05, 0) is 55.3 Å². The van der Waals surface area contributed by atoms with Gasteiger partial charge in [0.2, 0.25) is 11.2 Å². The van der Waals surface area contributed by atoms with E-state index < -0.39 is 40.5 Å². The van der Waals surface area contributed by atoms with Crippen LogP contribution in [-0.4, -0.2) is 5.97 Å². The zero-order valence-electron chi connectivity index (χ0n) is 17.8. The Balaban J connectivity index is 1.79. The molecule has 174 valence electrons. The van der Waals surface area contributed by atoms with Crippen molar-refractivity contribution >= 4 is 16.9 Å². The number of carbonyl (C=O) groups is 1. The first kappa shape index (κ1) is 23.0. The predicted molar refractivity (Wildman–Crippen MR) is 115 cm³/mol. The van der Waals surface area contributed by atoms with Crippen molar-refractivity contribution < 1.29 is 36.2 Å². The van der Waals surface area contributed by atoms with Gasteiger partial charge in [-0.1, -0.05) is 24.3 Å². The normalized spacial score (nSPS) is 11.5. The van der Waals surface area contributed by atoms with Gasteiger partial charge in [0.05, 0.1) is 10.9 Å². The lowest BCUT2D eigenvalue weighted by molar-refractivity contribution is -0.154. The van der Waals surface area contributed by atoms with Crippen molar-refractivity contribution in [2.45, 2.75) is 20.0 Å². The van der Waals surface area contributed by atoms with Gasteiger partial charge >= 0.3 is 12.1 Å². The molecule has 0 aliphatic carbocycles. The molecule has 1 heterocycles. The molecule has 0 saturated carbocycles. The number of aryl methyl sites for hydroxylation is 2. The van der Waals surface area contributed by atoms with Gasteiger partial charge in [0.1, 0.15) is 22.9 Å². The quantitative estimate of drug-likeness (QED) is 0.191. The molecule has 0 aliphatic rings. The molecule has 0 unspecified atom stereocenters. The van der Waals surface area contributed by atoms with Crippen molar-refractivity contribution in [2.75, 3.05) is 0 Å². The summed E-state index contributed by atoms with van der Waals surface area (Å²) in [5.41, 5.74) is -0.655. The Labute approximate surface area is 190 Å². The fraction of sp³-hybridized carbons (Fsp3) is 0.120. The summed E-state index contributed by atoms with van der Waals surface area (Å²) in [6, 6.07) is 13.2. The molecule has 0 atom stereocenters. The molecular formula is C25H16F4O5. The summed E-state index contributed by atoms with van der Waals surface area (Å²) in [7, 11) is 0. The van der Waals surface area contributed by atoms with Gasteiger partial charge in [0, 0.05) is 6.07 Å². The van der Waals surface area contributed by atoms with Crippen LogP contribution >= 0.6 is 0 Å². The number of ether oxygens (including phenoxy) is 2. The van der Waals surface area contributed by atoms with Crippen molar-refractivity contribution in [1.82, 2.24) is 0 Å². The number of halogens is 4. The highest BCUT2D eigenvalue weighted by atomic mass is 19.4. The number of carbonyl (C=O) groups excluding carboxylic acids is 1. The van der Waals surface area contributed by atoms with Crippen LogP contribution in [-0.2, 0) is 6.18 Å².